The molecule has 0 aliphatic heterocycles. The number of rotatable bonds is 9. The number of methoxy groups -OCH3 is 1. The number of para-hydroxylation sites is 1. The number of unbranched alkanes of at least 4 members (excludes halogenated alkanes) is 3. The molecule has 1 aromatic heterocycles. The summed E-state index contributed by atoms with van der Waals surface area (Å²) in [5.41, 5.74) is 0.840. The van der Waals surface area contributed by atoms with Gasteiger partial charge in [-0.05, 0) is 25.5 Å². The van der Waals surface area contributed by atoms with Crippen molar-refractivity contribution in [3.05, 3.63) is 30.0 Å². The van der Waals surface area contributed by atoms with E-state index in [0.29, 0.717) is 6.04 Å². The van der Waals surface area contributed by atoms with Gasteiger partial charge >= 0.3 is 0 Å². The molecule has 0 bridgehead atoms. The van der Waals surface area contributed by atoms with Crippen molar-refractivity contribution in [2.75, 3.05) is 7.11 Å². The summed E-state index contributed by atoms with van der Waals surface area (Å²) in [4.78, 5) is 0. The minimum Gasteiger partial charge on any atom is -0.493 e. The van der Waals surface area contributed by atoms with Gasteiger partial charge in [0.2, 0.25) is 0 Å². The first-order chi connectivity index (χ1) is 10.2. The van der Waals surface area contributed by atoms with E-state index < -0.39 is 0 Å². The van der Waals surface area contributed by atoms with Gasteiger partial charge in [-0.2, -0.15) is 0 Å². The van der Waals surface area contributed by atoms with Crippen LogP contribution in [0, 0.1) is 0 Å². The minimum absolute atomic E-state index is 0.525. The predicted octanol–water partition coefficient (Wildman–Crippen LogP) is 4.89. The van der Waals surface area contributed by atoms with E-state index in [9.17, 15) is 0 Å². The van der Waals surface area contributed by atoms with Crippen LogP contribution in [-0.4, -0.2) is 13.2 Å². The van der Waals surface area contributed by atoms with Crippen molar-refractivity contribution in [1.82, 2.24) is 5.32 Å². The van der Waals surface area contributed by atoms with Gasteiger partial charge in [-0.1, -0.05) is 44.7 Å². The number of nitrogens with one attached hydrogen (secondary N) is 1. The monoisotopic (exact) mass is 289 g/mol. The first kappa shape index (κ1) is 15.9. The maximum absolute atomic E-state index is 5.90. The number of hydrogen-bond donors (Lipinski definition) is 1. The third kappa shape index (κ3) is 4.50. The highest BCUT2D eigenvalue weighted by Gasteiger charge is 2.09. The van der Waals surface area contributed by atoms with Crippen LogP contribution in [-0.2, 0) is 6.54 Å². The smallest absolute Gasteiger partial charge is 0.176 e. The van der Waals surface area contributed by atoms with E-state index in [4.69, 9.17) is 9.15 Å². The van der Waals surface area contributed by atoms with Crippen LogP contribution in [0.25, 0.3) is 11.0 Å². The van der Waals surface area contributed by atoms with Gasteiger partial charge in [0.25, 0.3) is 0 Å². The molecule has 116 valence electrons. The van der Waals surface area contributed by atoms with Crippen molar-refractivity contribution in [2.24, 2.45) is 0 Å². The Hall–Kier alpha value is -1.48. The lowest BCUT2D eigenvalue weighted by molar-refractivity contribution is 0.402. The number of benzene rings is 1. The zero-order valence-corrected chi connectivity index (χ0v) is 13.4. The molecule has 0 aliphatic rings. The van der Waals surface area contributed by atoms with Crippen LogP contribution < -0.4 is 10.1 Å². The van der Waals surface area contributed by atoms with Crippen molar-refractivity contribution in [3.8, 4) is 5.75 Å². The summed E-state index contributed by atoms with van der Waals surface area (Å²) in [5.74, 6) is 1.77. The third-order valence-corrected chi connectivity index (χ3v) is 3.89. The summed E-state index contributed by atoms with van der Waals surface area (Å²) < 4.78 is 11.2. The molecule has 3 heteroatoms. The quantitative estimate of drug-likeness (QED) is 0.667. The molecule has 0 saturated heterocycles. The maximum atomic E-state index is 5.90. The fourth-order valence-corrected chi connectivity index (χ4v) is 2.59. The summed E-state index contributed by atoms with van der Waals surface area (Å²) in [5, 5.41) is 4.64. The molecule has 0 saturated carbocycles. The van der Waals surface area contributed by atoms with Crippen molar-refractivity contribution in [2.45, 2.75) is 58.5 Å². The Balaban J connectivity index is 1.86. The van der Waals surface area contributed by atoms with Crippen LogP contribution in [0.1, 0.15) is 51.7 Å². The molecule has 1 aromatic carbocycles. The molecular weight excluding hydrogens is 262 g/mol. The van der Waals surface area contributed by atoms with E-state index in [1.165, 1.54) is 32.1 Å². The summed E-state index contributed by atoms with van der Waals surface area (Å²) in [6.45, 7) is 5.26. The standard InChI is InChI=1S/C18H27NO2/c1-4-5-6-7-9-14(2)19-13-16-12-15-10-8-11-17(20-3)18(15)21-16/h8,10-12,14,19H,4-7,9,13H2,1-3H3. The zero-order valence-electron chi connectivity index (χ0n) is 13.4. The molecule has 1 N–H and O–H groups in total. The van der Waals surface area contributed by atoms with E-state index in [1.54, 1.807) is 7.11 Å². The molecule has 2 rings (SSSR count). The average Bonchev–Trinajstić information content (AvgIpc) is 2.92. The number of ether oxygens (including phenoxy) is 1. The largest absolute Gasteiger partial charge is 0.493 e. The Morgan fingerprint density at radius 1 is 1.24 bits per heavy atom. The molecule has 1 atom stereocenters. The van der Waals surface area contributed by atoms with Crippen LogP contribution in [0.3, 0.4) is 0 Å². The topological polar surface area (TPSA) is 34.4 Å². The number of furan rings is 1. The van der Waals surface area contributed by atoms with Crippen molar-refractivity contribution >= 4 is 11.0 Å². The van der Waals surface area contributed by atoms with E-state index in [2.05, 4.69) is 31.3 Å². The predicted molar refractivity (Wildman–Crippen MR) is 87.8 cm³/mol. The highest BCUT2D eigenvalue weighted by molar-refractivity contribution is 5.83. The molecule has 2 aromatic rings. The molecular formula is C18H27NO2. The number of hydrogen-bond acceptors (Lipinski definition) is 3. The molecule has 0 spiro atoms. The van der Waals surface area contributed by atoms with Gasteiger partial charge in [-0.25, -0.2) is 0 Å². The van der Waals surface area contributed by atoms with Crippen molar-refractivity contribution in [1.29, 1.82) is 0 Å². The second-order valence-corrected chi connectivity index (χ2v) is 5.72. The summed E-state index contributed by atoms with van der Waals surface area (Å²) in [6.07, 6.45) is 6.50. The first-order valence-corrected chi connectivity index (χ1v) is 8.03. The second-order valence-electron chi connectivity index (χ2n) is 5.72. The van der Waals surface area contributed by atoms with Crippen molar-refractivity contribution in [3.63, 3.8) is 0 Å². The van der Waals surface area contributed by atoms with Crippen LogP contribution in [0.15, 0.2) is 28.7 Å². The lowest BCUT2D eigenvalue weighted by Crippen LogP contribution is -2.25. The third-order valence-electron chi connectivity index (χ3n) is 3.89. The van der Waals surface area contributed by atoms with Crippen LogP contribution in [0.4, 0.5) is 0 Å². The molecule has 0 fully saturated rings. The summed E-state index contributed by atoms with van der Waals surface area (Å²) >= 11 is 0. The first-order valence-electron chi connectivity index (χ1n) is 8.03. The Labute approximate surface area is 127 Å². The lowest BCUT2D eigenvalue weighted by atomic mass is 10.1. The Kier molecular flexibility index (Phi) is 6.12. The number of fused-ring (bicyclic) bond motifs is 1. The fourth-order valence-electron chi connectivity index (χ4n) is 2.59. The average molecular weight is 289 g/mol. The Morgan fingerprint density at radius 2 is 2.10 bits per heavy atom. The van der Waals surface area contributed by atoms with Crippen LogP contribution in [0.5, 0.6) is 5.75 Å². The van der Waals surface area contributed by atoms with E-state index in [0.717, 1.165) is 29.0 Å². The van der Waals surface area contributed by atoms with Gasteiger partial charge in [-0.15, -0.1) is 0 Å². The highest BCUT2D eigenvalue weighted by atomic mass is 16.5. The molecule has 21 heavy (non-hydrogen) atoms. The van der Waals surface area contributed by atoms with Crippen molar-refractivity contribution < 1.29 is 9.15 Å². The molecule has 1 unspecified atom stereocenters. The van der Waals surface area contributed by atoms with Gasteiger partial charge in [0.1, 0.15) is 5.76 Å². The normalized spacial score (nSPS) is 12.7. The van der Waals surface area contributed by atoms with Gasteiger partial charge < -0.3 is 14.5 Å². The van der Waals surface area contributed by atoms with E-state index in [1.807, 2.05) is 12.1 Å². The summed E-state index contributed by atoms with van der Waals surface area (Å²) in [6, 6.07) is 8.59. The molecule has 0 aliphatic carbocycles. The van der Waals surface area contributed by atoms with Gasteiger partial charge in [0.05, 0.1) is 13.7 Å². The maximum Gasteiger partial charge on any atom is 0.176 e. The Morgan fingerprint density at radius 3 is 2.86 bits per heavy atom. The minimum atomic E-state index is 0.525. The van der Waals surface area contributed by atoms with Gasteiger partial charge in [-0.3, -0.25) is 0 Å². The van der Waals surface area contributed by atoms with Gasteiger partial charge in [0, 0.05) is 11.4 Å². The Bertz CT molecular complexity index is 547. The van der Waals surface area contributed by atoms with E-state index in [-0.39, 0.29) is 0 Å². The molecule has 0 radical (unpaired) electrons. The molecule has 0 amide bonds. The molecule has 1 heterocycles. The van der Waals surface area contributed by atoms with Gasteiger partial charge in [0.15, 0.2) is 11.3 Å². The molecule has 3 nitrogen and oxygen atoms in total. The van der Waals surface area contributed by atoms with Crippen LogP contribution >= 0.6 is 0 Å². The lowest BCUT2D eigenvalue weighted by Gasteiger charge is -2.12. The fraction of sp³-hybridized carbons (Fsp3) is 0.556. The van der Waals surface area contributed by atoms with E-state index >= 15 is 0 Å². The second kappa shape index (κ2) is 8.08. The summed E-state index contributed by atoms with van der Waals surface area (Å²) in [7, 11) is 1.67. The van der Waals surface area contributed by atoms with Crippen LogP contribution in [0.2, 0.25) is 0 Å². The zero-order chi connectivity index (χ0) is 15.1. The SMILES string of the molecule is CCCCCCC(C)NCc1cc2cccc(OC)c2o1. The highest BCUT2D eigenvalue weighted by Crippen LogP contribution is 2.28.